The van der Waals surface area contributed by atoms with E-state index in [9.17, 15) is 18.8 Å². The Balaban J connectivity index is 1.56. The van der Waals surface area contributed by atoms with Crippen molar-refractivity contribution in [1.29, 1.82) is 0 Å². The lowest BCUT2D eigenvalue weighted by Gasteiger charge is -2.36. The Labute approximate surface area is 189 Å². The number of nitrogens with zero attached hydrogens (tertiary/aromatic N) is 2. The maximum Gasteiger partial charge on any atom is 0.250 e. The zero-order chi connectivity index (χ0) is 22.5. The fourth-order valence-corrected chi connectivity index (χ4v) is 6.57. The van der Waals surface area contributed by atoms with Crippen molar-refractivity contribution in [1.82, 2.24) is 4.90 Å². The Morgan fingerprint density at radius 3 is 2.66 bits per heavy atom. The topological polar surface area (TPSA) is 69.7 Å². The first-order valence-corrected chi connectivity index (χ1v) is 11.2. The number of aryl methyl sites for hydroxylation is 1. The van der Waals surface area contributed by atoms with E-state index < -0.39 is 29.1 Å². The van der Waals surface area contributed by atoms with Crippen molar-refractivity contribution in [3.63, 3.8) is 0 Å². The van der Waals surface area contributed by atoms with Crippen LogP contribution in [0, 0.1) is 31.5 Å². The molecule has 0 radical (unpaired) electrons. The van der Waals surface area contributed by atoms with Gasteiger partial charge in [-0.3, -0.25) is 19.3 Å². The lowest BCUT2D eigenvalue weighted by atomic mass is 9.75. The Morgan fingerprint density at radius 1 is 1.12 bits per heavy atom. The summed E-state index contributed by atoms with van der Waals surface area (Å²) in [5.74, 6) is -3.12. The molecule has 3 saturated heterocycles. The summed E-state index contributed by atoms with van der Waals surface area (Å²) in [7, 11) is 0. The first-order chi connectivity index (χ1) is 15.3. The number of carbonyl (C=O) groups is 3. The minimum Gasteiger partial charge on any atom is -0.324 e. The fraction of sp³-hybridized carbons (Fsp3) is 0.375. The molecule has 0 aromatic heterocycles. The monoisotopic (exact) mass is 453 g/mol. The van der Waals surface area contributed by atoms with Gasteiger partial charge in [-0.2, -0.15) is 0 Å². The molecule has 4 atom stereocenters. The van der Waals surface area contributed by atoms with Gasteiger partial charge in [0.2, 0.25) is 17.7 Å². The lowest BCUT2D eigenvalue weighted by molar-refractivity contribution is -0.135. The van der Waals surface area contributed by atoms with E-state index in [1.807, 2.05) is 26.0 Å². The van der Waals surface area contributed by atoms with Crippen LogP contribution in [0.4, 0.5) is 15.8 Å². The molecule has 164 valence electrons. The van der Waals surface area contributed by atoms with Crippen LogP contribution in [0.3, 0.4) is 0 Å². The molecule has 1 spiro atoms. The van der Waals surface area contributed by atoms with Crippen molar-refractivity contribution in [3.05, 3.63) is 57.9 Å². The number of halogens is 2. The van der Waals surface area contributed by atoms with E-state index in [1.165, 1.54) is 12.1 Å². The number of imide groups is 1. The first kappa shape index (κ1) is 19.9. The van der Waals surface area contributed by atoms with E-state index in [2.05, 4.69) is 10.2 Å². The molecule has 0 unspecified atom stereocenters. The molecule has 4 aliphatic rings. The van der Waals surface area contributed by atoms with Crippen LogP contribution in [-0.2, 0) is 19.9 Å². The Morgan fingerprint density at radius 2 is 1.91 bits per heavy atom. The van der Waals surface area contributed by atoms with Crippen molar-refractivity contribution < 1.29 is 18.8 Å². The van der Waals surface area contributed by atoms with Crippen molar-refractivity contribution >= 4 is 40.7 Å². The number of hydrogen-bond donors (Lipinski definition) is 1. The molecule has 32 heavy (non-hydrogen) atoms. The van der Waals surface area contributed by atoms with Gasteiger partial charge in [0.15, 0.2) is 0 Å². The molecule has 0 aliphatic carbocycles. The SMILES string of the molecule is Cc1ccc2c(c1C)NC(=O)[C@]21[C@@H]2C(=O)N(c3ccc(F)c(Cl)c3)C(=O)[C@@H]2[C@@H]2CCCN21. The Kier molecular flexibility index (Phi) is 3.97. The smallest absolute Gasteiger partial charge is 0.250 e. The average Bonchev–Trinajstić information content (AvgIpc) is 3.46. The number of rotatable bonds is 1. The molecular formula is C24H21ClFN3O3. The molecule has 1 N–H and O–H groups in total. The maximum atomic E-state index is 13.9. The van der Waals surface area contributed by atoms with Crippen LogP contribution >= 0.6 is 11.6 Å². The summed E-state index contributed by atoms with van der Waals surface area (Å²) in [4.78, 5) is 44.4. The van der Waals surface area contributed by atoms with Gasteiger partial charge in [0.1, 0.15) is 11.4 Å². The predicted molar refractivity (Wildman–Crippen MR) is 117 cm³/mol. The predicted octanol–water partition coefficient (Wildman–Crippen LogP) is 3.53. The third-order valence-corrected chi connectivity index (χ3v) is 8.15. The van der Waals surface area contributed by atoms with Crippen LogP contribution in [0.15, 0.2) is 30.3 Å². The standard InChI is InChI=1S/C24H21ClFN3O3/c1-11-5-7-14-20(12(11)2)27-23(32)24(14)19-18(17-4-3-9-28(17)24)21(30)29(22(19)31)13-6-8-16(26)15(25)10-13/h5-8,10,17-19H,3-4,9H2,1-2H3,(H,27,32)/t17-,18+,19-,24+/m0/s1. The van der Waals surface area contributed by atoms with Crippen LogP contribution in [0.5, 0.6) is 0 Å². The average molecular weight is 454 g/mol. The summed E-state index contributed by atoms with van der Waals surface area (Å²) in [5.41, 5.74) is 2.54. The summed E-state index contributed by atoms with van der Waals surface area (Å²) in [6, 6.07) is 7.51. The highest BCUT2D eigenvalue weighted by atomic mass is 35.5. The molecule has 2 aromatic carbocycles. The maximum absolute atomic E-state index is 13.9. The summed E-state index contributed by atoms with van der Waals surface area (Å²) in [6.45, 7) is 4.59. The highest BCUT2D eigenvalue weighted by Gasteiger charge is 2.74. The number of amides is 3. The summed E-state index contributed by atoms with van der Waals surface area (Å²) in [5, 5.41) is 2.88. The highest BCUT2D eigenvalue weighted by Crippen LogP contribution is 2.61. The third-order valence-electron chi connectivity index (χ3n) is 7.86. The van der Waals surface area contributed by atoms with Gasteiger partial charge >= 0.3 is 0 Å². The molecule has 2 aromatic rings. The van der Waals surface area contributed by atoms with Crippen LogP contribution in [0.2, 0.25) is 5.02 Å². The molecular weight excluding hydrogens is 433 g/mol. The zero-order valence-corrected chi connectivity index (χ0v) is 18.4. The van der Waals surface area contributed by atoms with Crippen molar-refractivity contribution in [2.45, 2.75) is 38.3 Å². The molecule has 6 rings (SSSR count). The first-order valence-electron chi connectivity index (χ1n) is 10.8. The second-order valence-electron chi connectivity index (χ2n) is 9.17. The second kappa shape index (κ2) is 6.39. The van der Waals surface area contributed by atoms with Gasteiger partial charge in [-0.15, -0.1) is 0 Å². The van der Waals surface area contributed by atoms with E-state index >= 15 is 0 Å². The number of fused-ring (bicyclic) bond motifs is 7. The van der Waals surface area contributed by atoms with Gasteiger partial charge in [0.05, 0.1) is 22.5 Å². The third kappa shape index (κ3) is 2.16. The summed E-state index contributed by atoms with van der Waals surface area (Å²) >= 11 is 5.94. The molecule has 4 aliphatic heterocycles. The van der Waals surface area contributed by atoms with Crippen LogP contribution in [0.1, 0.15) is 29.5 Å². The number of hydrogen-bond acceptors (Lipinski definition) is 4. The van der Waals surface area contributed by atoms with E-state index in [-0.39, 0.29) is 28.6 Å². The molecule has 0 bridgehead atoms. The quantitative estimate of drug-likeness (QED) is 0.671. The van der Waals surface area contributed by atoms with Crippen LogP contribution < -0.4 is 10.2 Å². The van der Waals surface area contributed by atoms with Gasteiger partial charge in [0, 0.05) is 17.3 Å². The molecule has 3 amide bonds. The lowest BCUT2D eigenvalue weighted by Crippen LogP contribution is -2.54. The Bertz CT molecular complexity index is 1250. The highest BCUT2D eigenvalue weighted by molar-refractivity contribution is 6.32. The summed E-state index contributed by atoms with van der Waals surface area (Å²) in [6.07, 6.45) is 1.60. The van der Waals surface area contributed by atoms with Gasteiger partial charge in [0.25, 0.3) is 0 Å². The fourth-order valence-electron chi connectivity index (χ4n) is 6.40. The van der Waals surface area contributed by atoms with E-state index in [0.29, 0.717) is 6.54 Å². The van der Waals surface area contributed by atoms with Gasteiger partial charge in [-0.25, -0.2) is 9.29 Å². The van der Waals surface area contributed by atoms with Crippen molar-refractivity contribution in [2.24, 2.45) is 11.8 Å². The van der Waals surface area contributed by atoms with E-state index in [4.69, 9.17) is 11.6 Å². The number of carbonyl (C=O) groups excluding carboxylic acids is 3. The molecule has 0 saturated carbocycles. The molecule has 6 nitrogen and oxygen atoms in total. The van der Waals surface area contributed by atoms with Gasteiger partial charge in [-0.05, 0) is 62.6 Å². The van der Waals surface area contributed by atoms with E-state index in [0.717, 1.165) is 46.2 Å². The van der Waals surface area contributed by atoms with E-state index in [1.54, 1.807) is 0 Å². The van der Waals surface area contributed by atoms with Gasteiger partial charge < -0.3 is 5.32 Å². The van der Waals surface area contributed by atoms with Crippen molar-refractivity contribution in [3.8, 4) is 0 Å². The molecule has 8 heteroatoms. The minimum absolute atomic E-state index is 0.160. The Hall–Kier alpha value is -2.77. The minimum atomic E-state index is -1.22. The number of anilines is 2. The summed E-state index contributed by atoms with van der Waals surface area (Å²) < 4.78 is 13.7. The van der Waals surface area contributed by atoms with Gasteiger partial charge in [-0.1, -0.05) is 23.7 Å². The number of benzene rings is 2. The largest absolute Gasteiger partial charge is 0.324 e. The zero-order valence-electron chi connectivity index (χ0n) is 17.6. The van der Waals surface area contributed by atoms with Crippen molar-refractivity contribution in [2.75, 3.05) is 16.8 Å². The van der Waals surface area contributed by atoms with Crippen LogP contribution in [0.25, 0.3) is 0 Å². The molecule has 4 heterocycles. The number of nitrogens with one attached hydrogen (secondary N) is 1. The molecule has 3 fully saturated rings. The second-order valence-corrected chi connectivity index (χ2v) is 9.57. The normalized spacial score (nSPS) is 30.8. The van der Waals surface area contributed by atoms with Crippen LogP contribution in [-0.4, -0.2) is 35.2 Å².